The number of carbonyl (C=O) groups excluding carboxylic acids is 1. The molecule has 3 heterocycles. The topological polar surface area (TPSA) is 53.8 Å². The quantitative estimate of drug-likeness (QED) is 0.582. The van der Waals surface area contributed by atoms with E-state index in [0.29, 0.717) is 29.1 Å². The molecule has 2 aliphatic rings. The number of nitrogens with zero attached hydrogens (tertiary/aromatic N) is 2. The first-order valence-corrected chi connectivity index (χ1v) is 10.3. The fraction of sp³-hybridized carbons (Fsp3) is 0.304. The van der Waals surface area contributed by atoms with Crippen LogP contribution in [0.25, 0.3) is 11.0 Å². The number of hydrogen-bond donors (Lipinski definition) is 0. The van der Waals surface area contributed by atoms with Gasteiger partial charge in [0, 0.05) is 42.0 Å². The number of benzene rings is 2. The Labute approximate surface area is 177 Å². The van der Waals surface area contributed by atoms with Crippen molar-refractivity contribution in [2.24, 2.45) is 11.8 Å². The molecule has 1 aromatic heterocycles. The Morgan fingerprint density at radius 3 is 2.77 bits per heavy atom. The molecule has 2 aliphatic heterocycles. The van der Waals surface area contributed by atoms with Gasteiger partial charge in [0.15, 0.2) is 0 Å². The lowest BCUT2D eigenvalue weighted by molar-refractivity contribution is 0.0763. The number of likely N-dealkylation sites (tertiary alicyclic amines) is 2. The Balaban J connectivity index is 1.43. The molecule has 2 aromatic carbocycles. The van der Waals surface area contributed by atoms with Crippen molar-refractivity contribution in [1.29, 1.82) is 0 Å². The van der Waals surface area contributed by atoms with Gasteiger partial charge >= 0.3 is 5.63 Å². The van der Waals surface area contributed by atoms with Gasteiger partial charge in [0.1, 0.15) is 17.0 Å². The van der Waals surface area contributed by atoms with Gasteiger partial charge < -0.3 is 9.32 Å². The fourth-order valence-electron chi connectivity index (χ4n) is 5.03. The maximum Gasteiger partial charge on any atom is 0.349 e. The molecule has 154 valence electrons. The molecule has 0 spiro atoms. The molecule has 0 radical (unpaired) electrons. The van der Waals surface area contributed by atoms with Crippen LogP contribution in [-0.2, 0) is 0 Å². The second kappa shape index (κ2) is 7.22. The zero-order valence-corrected chi connectivity index (χ0v) is 17.1. The number of carbonyl (C=O) groups is 1. The smallest absolute Gasteiger partial charge is 0.349 e. The maximum atomic E-state index is 13.8. The first-order valence-electron chi connectivity index (χ1n) is 9.89. The molecule has 0 saturated carbocycles. The highest BCUT2D eigenvalue weighted by molar-refractivity contribution is 6.31. The van der Waals surface area contributed by atoms with Crippen molar-refractivity contribution < 1.29 is 13.6 Å². The van der Waals surface area contributed by atoms with Gasteiger partial charge in [0.25, 0.3) is 5.91 Å². The minimum absolute atomic E-state index is 0.0143. The minimum Gasteiger partial charge on any atom is -0.422 e. The van der Waals surface area contributed by atoms with Crippen LogP contribution in [0.3, 0.4) is 0 Å². The normalized spacial score (nSPS) is 23.8. The van der Waals surface area contributed by atoms with E-state index in [-0.39, 0.29) is 35.2 Å². The van der Waals surface area contributed by atoms with E-state index in [0.717, 1.165) is 12.1 Å². The predicted octanol–water partition coefficient (Wildman–Crippen LogP) is 3.96. The summed E-state index contributed by atoms with van der Waals surface area (Å²) in [5, 5.41) is 1.12. The van der Waals surface area contributed by atoms with E-state index in [1.165, 1.54) is 6.07 Å². The highest BCUT2D eigenvalue weighted by Gasteiger charge is 2.47. The van der Waals surface area contributed by atoms with E-state index in [4.69, 9.17) is 16.0 Å². The molecule has 0 bridgehead atoms. The third kappa shape index (κ3) is 3.20. The highest BCUT2D eigenvalue weighted by Crippen LogP contribution is 2.44. The SMILES string of the molecule is CN1C[C@H]2CN(C(=O)c3cc4cc(Cl)ccc4oc3=O)C[C@H]2[C@@H]1c1cccc(F)c1. The molecule has 3 aromatic rings. The van der Waals surface area contributed by atoms with Crippen LogP contribution in [-0.4, -0.2) is 42.4 Å². The molecular weight excluding hydrogens is 407 g/mol. The molecule has 1 amide bonds. The van der Waals surface area contributed by atoms with Crippen molar-refractivity contribution in [3.63, 3.8) is 0 Å². The molecule has 0 unspecified atom stereocenters. The average Bonchev–Trinajstić information content (AvgIpc) is 3.23. The first-order chi connectivity index (χ1) is 14.4. The molecule has 5 nitrogen and oxygen atoms in total. The summed E-state index contributed by atoms with van der Waals surface area (Å²) >= 11 is 6.03. The van der Waals surface area contributed by atoms with Crippen molar-refractivity contribution >= 4 is 28.5 Å². The summed E-state index contributed by atoms with van der Waals surface area (Å²) in [7, 11) is 2.03. The van der Waals surface area contributed by atoms with Crippen LogP contribution in [0.15, 0.2) is 57.7 Å². The Bertz CT molecular complexity index is 1210. The van der Waals surface area contributed by atoms with Gasteiger partial charge in [-0.05, 0) is 54.9 Å². The number of halogens is 2. The van der Waals surface area contributed by atoms with E-state index in [1.54, 1.807) is 41.3 Å². The lowest BCUT2D eigenvalue weighted by Gasteiger charge is -2.26. The van der Waals surface area contributed by atoms with E-state index in [2.05, 4.69) is 4.90 Å². The van der Waals surface area contributed by atoms with E-state index in [9.17, 15) is 14.0 Å². The summed E-state index contributed by atoms with van der Waals surface area (Å²) in [4.78, 5) is 29.5. The first kappa shape index (κ1) is 19.3. The molecule has 0 aliphatic carbocycles. The van der Waals surface area contributed by atoms with Crippen LogP contribution in [0, 0.1) is 17.7 Å². The molecular formula is C23H20ClFN2O3. The van der Waals surface area contributed by atoms with Gasteiger partial charge in [-0.1, -0.05) is 23.7 Å². The number of hydrogen-bond acceptors (Lipinski definition) is 4. The maximum absolute atomic E-state index is 13.8. The Morgan fingerprint density at radius 2 is 1.97 bits per heavy atom. The Kier molecular flexibility index (Phi) is 4.64. The van der Waals surface area contributed by atoms with Crippen molar-refractivity contribution in [1.82, 2.24) is 9.80 Å². The monoisotopic (exact) mass is 426 g/mol. The number of fused-ring (bicyclic) bond motifs is 2. The second-order valence-corrected chi connectivity index (χ2v) is 8.64. The molecule has 2 fully saturated rings. The van der Waals surface area contributed by atoms with Gasteiger partial charge in [-0.2, -0.15) is 0 Å². The number of rotatable bonds is 2. The van der Waals surface area contributed by atoms with Crippen molar-refractivity contribution in [3.05, 3.63) is 80.9 Å². The van der Waals surface area contributed by atoms with Gasteiger partial charge in [-0.15, -0.1) is 0 Å². The Morgan fingerprint density at radius 1 is 1.13 bits per heavy atom. The zero-order valence-electron chi connectivity index (χ0n) is 16.3. The summed E-state index contributed by atoms with van der Waals surface area (Å²) in [6, 6.07) is 13.2. The van der Waals surface area contributed by atoms with E-state index >= 15 is 0 Å². The molecule has 3 atom stereocenters. The second-order valence-electron chi connectivity index (χ2n) is 8.20. The fourth-order valence-corrected chi connectivity index (χ4v) is 5.21. The van der Waals surface area contributed by atoms with Crippen LogP contribution in [0.2, 0.25) is 5.02 Å². The van der Waals surface area contributed by atoms with Crippen LogP contribution in [0.5, 0.6) is 0 Å². The third-order valence-electron chi connectivity index (χ3n) is 6.30. The van der Waals surface area contributed by atoms with E-state index in [1.807, 2.05) is 13.1 Å². The van der Waals surface area contributed by atoms with E-state index < -0.39 is 5.63 Å². The summed E-state index contributed by atoms with van der Waals surface area (Å²) in [5.74, 6) is -0.139. The lowest BCUT2D eigenvalue weighted by Crippen LogP contribution is -2.35. The van der Waals surface area contributed by atoms with Crippen molar-refractivity contribution in [2.75, 3.05) is 26.7 Å². The van der Waals surface area contributed by atoms with Crippen molar-refractivity contribution in [2.45, 2.75) is 6.04 Å². The van der Waals surface area contributed by atoms with Crippen LogP contribution in [0.1, 0.15) is 22.0 Å². The van der Waals surface area contributed by atoms with Gasteiger partial charge in [0.2, 0.25) is 0 Å². The number of amides is 1. The van der Waals surface area contributed by atoms with Crippen LogP contribution in [0.4, 0.5) is 4.39 Å². The average molecular weight is 427 g/mol. The lowest BCUT2D eigenvalue weighted by atomic mass is 9.89. The summed E-state index contributed by atoms with van der Waals surface area (Å²) in [6.45, 7) is 1.90. The molecule has 7 heteroatoms. The largest absolute Gasteiger partial charge is 0.422 e. The molecule has 5 rings (SSSR count). The predicted molar refractivity (Wildman–Crippen MR) is 112 cm³/mol. The summed E-state index contributed by atoms with van der Waals surface area (Å²) in [5.41, 5.74) is 0.678. The molecule has 0 N–H and O–H groups in total. The molecule has 2 saturated heterocycles. The standard InChI is InChI=1S/C23H20ClFN2O3/c1-26-10-15-11-27(12-19(15)21(26)13-3-2-4-17(25)8-13)22(28)18-9-14-7-16(24)5-6-20(14)30-23(18)29/h2-9,15,19,21H,10-12H2,1H3/t15-,19+,21-/m0/s1. The minimum atomic E-state index is -0.648. The molecule has 30 heavy (non-hydrogen) atoms. The van der Waals surface area contributed by atoms with Crippen LogP contribution < -0.4 is 5.63 Å². The zero-order chi connectivity index (χ0) is 21.0. The summed E-state index contributed by atoms with van der Waals surface area (Å²) in [6.07, 6.45) is 0. The highest BCUT2D eigenvalue weighted by atomic mass is 35.5. The Hall–Kier alpha value is -2.70. The van der Waals surface area contributed by atoms with Gasteiger partial charge in [-0.3, -0.25) is 9.69 Å². The third-order valence-corrected chi connectivity index (χ3v) is 6.53. The van der Waals surface area contributed by atoms with Gasteiger partial charge in [-0.25, -0.2) is 9.18 Å². The van der Waals surface area contributed by atoms with Crippen molar-refractivity contribution in [3.8, 4) is 0 Å². The van der Waals surface area contributed by atoms with Gasteiger partial charge in [0.05, 0.1) is 0 Å². The summed E-state index contributed by atoms with van der Waals surface area (Å²) < 4.78 is 19.1. The van der Waals surface area contributed by atoms with Crippen LogP contribution >= 0.6 is 11.6 Å².